The first-order chi connectivity index (χ1) is 11.6. The maximum absolute atomic E-state index is 12.0. The summed E-state index contributed by atoms with van der Waals surface area (Å²) in [6, 6.07) is 9.82. The van der Waals surface area contributed by atoms with Crippen LogP contribution in [-0.2, 0) is 0 Å². The molecule has 0 saturated carbocycles. The lowest BCUT2D eigenvalue weighted by Crippen LogP contribution is -2.31. The van der Waals surface area contributed by atoms with E-state index in [1.54, 1.807) is 36.7 Å². The standard InChI is InChI=1S/C16H15ClN6O/c1-10(19-16(24)20-13-4-2-12(17)3-5-13)14-21-15(23-22-14)11-6-8-18-9-7-11/h2-10H,1H3,(H2,19,20,24)(H,21,22,23)/t10-/m1/s1. The van der Waals surface area contributed by atoms with E-state index in [0.717, 1.165) is 5.56 Å². The molecule has 0 fully saturated rings. The molecule has 1 atom stereocenters. The van der Waals surface area contributed by atoms with E-state index in [-0.39, 0.29) is 12.1 Å². The molecule has 3 rings (SSSR count). The van der Waals surface area contributed by atoms with Gasteiger partial charge in [-0.1, -0.05) is 11.6 Å². The first-order valence-electron chi connectivity index (χ1n) is 7.27. The fraction of sp³-hybridized carbons (Fsp3) is 0.125. The normalized spacial score (nSPS) is 11.8. The molecule has 2 amide bonds. The summed E-state index contributed by atoms with van der Waals surface area (Å²) in [7, 11) is 0. The van der Waals surface area contributed by atoms with Crippen LogP contribution in [0, 0.1) is 0 Å². The fourth-order valence-electron chi connectivity index (χ4n) is 2.06. The highest BCUT2D eigenvalue weighted by molar-refractivity contribution is 6.30. The summed E-state index contributed by atoms with van der Waals surface area (Å²) in [6.45, 7) is 1.82. The van der Waals surface area contributed by atoms with Crippen molar-refractivity contribution in [2.75, 3.05) is 5.32 Å². The summed E-state index contributed by atoms with van der Waals surface area (Å²) >= 11 is 5.81. The molecule has 0 spiro atoms. The molecule has 0 aliphatic rings. The predicted octanol–water partition coefficient (Wildman–Crippen LogP) is 3.40. The lowest BCUT2D eigenvalue weighted by molar-refractivity contribution is 0.249. The number of carbonyl (C=O) groups excluding carboxylic acids is 1. The summed E-state index contributed by atoms with van der Waals surface area (Å²) in [6.07, 6.45) is 3.35. The lowest BCUT2D eigenvalue weighted by atomic mass is 10.2. The molecule has 0 aliphatic heterocycles. The van der Waals surface area contributed by atoms with Gasteiger partial charge in [0.15, 0.2) is 5.82 Å². The smallest absolute Gasteiger partial charge is 0.319 e. The van der Waals surface area contributed by atoms with Crippen LogP contribution < -0.4 is 10.6 Å². The average Bonchev–Trinajstić information content (AvgIpc) is 3.08. The van der Waals surface area contributed by atoms with Crippen LogP contribution >= 0.6 is 11.6 Å². The predicted molar refractivity (Wildman–Crippen MR) is 91.6 cm³/mol. The highest BCUT2D eigenvalue weighted by Gasteiger charge is 2.14. The third kappa shape index (κ3) is 3.88. The molecule has 0 aliphatic carbocycles. The number of hydrogen-bond acceptors (Lipinski definition) is 4. The Balaban J connectivity index is 1.62. The SMILES string of the molecule is C[C@@H](NC(=O)Nc1ccc(Cl)cc1)c1nc(-c2ccncc2)n[nH]1. The lowest BCUT2D eigenvalue weighted by Gasteiger charge is -2.12. The van der Waals surface area contributed by atoms with E-state index in [2.05, 4.69) is 30.8 Å². The van der Waals surface area contributed by atoms with Gasteiger partial charge < -0.3 is 10.6 Å². The summed E-state index contributed by atoms with van der Waals surface area (Å²) in [5.74, 6) is 1.12. The Bertz CT molecular complexity index is 818. The molecule has 0 bridgehead atoms. The van der Waals surface area contributed by atoms with Crippen LogP contribution in [0.3, 0.4) is 0 Å². The van der Waals surface area contributed by atoms with Gasteiger partial charge in [-0.25, -0.2) is 9.78 Å². The molecule has 0 unspecified atom stereocenters. The molecule has 2 heterocycles. The summed E-state index contributed by atoms with van der Waals surface area (Å²) < 4.78 is 0. The number of carbonyl (C=O) groups is 1. The number of nitrogens with one attached hydrogen (secondary N) is 3. The van der Waals surface area contributed by atoms with Crippen LogP contribution in [0.15, 0.2) is 48.8 Å². The molecule has 7 nitrogen and oxygen atoms in total. The Morgan fingerprint density at radius 3 is 2.58 bits per heavy atom. The minimum atomic E-state index is -0.341. The summed E-state index contributed by atoms with van der Waals surface area (Å²) in [5.41, 5.74) is 1.50. The maximum atomic E-state index is 12.0. The molecule has 0 saturated heterocycles. The van der Waals surface area contributed by atoms with Gasteiger partial charge in [0.25, 0.3) is 0 Å². The highest BCUT2D eigenvalue weighted by Crippen LogP contribution is 2.16. The van der Waals surface area contributed by atoms with E-state index in [9.17, 15) is 4.79 Å². The number of aromatic nitrogens is 4. The van der Waals surface area contributed by atoms with Crippen molar-refractivity contribution in [2.24, 2.45) is 0 Å². The van der Waals surface area contributed by atoms with Crippen molar-refractivity contribution in [2.45, 2.75) is 13.0 Å². The number of nitrogens with zero attached hydrogens (tertiary/aromatic N) is 3. The van der Waals surface area contributed by atoms with Crippen molar-refractivity contribution >= 4 is 23.3 Å². The Morgan fingerprint density at radius 1 is 1.17 bits per heavy atom. The molecule has 2 aromatic heterocycles. The van der Waals surface area contributed by atoms with Crippen molar-refractivity contribution < 1.29 is 4.79 Å². The molecular weight excluding hydrogens is 328 g/mol. The number of H-pyrrole nitrogens is 1. The van der Waals surface area contributed by atoms with Gasteiger partial charge in [-0.05, 0) is 43.3 Å². The van der Waals surface area contributed by atoms with Gasteiger partial charge in [-0.3, -0.25) is 10.1 Å². The summed E-state index contributed by atoms with van der Waals surface area (Å²) in [5, 5.41) is 13.1. The van der Waals surface area contributed by atoms with Gasteiger partial charge in [0.2, 0.25) is 0 Å². The Morgan fingerprint density at radius 2 is 1.88 bits per heavy atom. The topological polar surface area (TPSA) is 95.6 Å². The number of aromatic amines is 1. The van der Waals surface area contributed by atoms with Gasteiger partial charge in [-0.2, -0.15) is 5.10 Å². The van der Waals surface area contributed by atoms with E-state index < -0.39 is 0 Å². The zero-order chi connectivity index (χ0) is 16.9. The van der Waals surface area contributed by atoms with Crippen molar-refractivity contribution in [3.05, 3.63) is 59.6 Å². The number of urea groups is 1. The molecule has 0 radical (unpaired) electrons. The Labute approximate surface area is 143 Å². The van der Waals surface area contributed by atoms with Gasteiger partial charge in [-0.15, -0.1) is 0 Å². The minimum absolute atomic E-state index is 0.333. The van der Waals surface area contributed by atoms with E-state index >= 15 is 0 Å². The summed E-state index contributed by atoms with van der Waals surface area (Å²) in [4.78, 5) is 20.4. The van der Waals surface area contributed by atoms with E-state index in [0.29, 0.717) is 22.4 Å². The second-order valence-corrected chi connectivity index (χ2v) is 5.54. The number of anilines is 1. The number of hydrogen-bond donors (Lipinski definition) is 3. The molecule has 1 aromatic carbocycles. The fourth-order valence-corrected chi connectivity index (χ4v) is 2.19. The third-order valence-corrected chi connectivity index (χ3v) is 3.55. The van der Waals surface area contributed by atoms with Crippen LogP contribution in [0.25, 0.3) is 11.4 Å². The molecule has 8 heteroatoms. The molecule has 3 N–H and O–H groups in total. The number of pyridine rings is 1. The van der Waals surface area contributed by atoms with Crippen molar-refractivity contribution in [1.29, 1.82) is 0 Å². The quantitative estimate of drug-likeness (QED) is 0.677. The first-order valence-corrected chi connectivity index (χ1v) is 7.65. The Kier molecular flexibility index (Phi) is 4.72. The maximum Gasteiger partial charge on any atom is 0.319 e. The van der Waals surface area contributed by atoms with Crippen molar-refractivity contribution in [3.8, 4) is 11.4 Å². The number of halogens is 1. The number of rotatable bonds is 4. The zero-order valence-corrected chi connectivity index (χ0v) is 13.6. The largest absolute Gasteiger partial charge is 0.328 e. The first kappa shape index (κ1) is 15.9. The molecule has 122 valence electrons. The number of benzene rings is 1. The second-order valence-electron chi connectivity index (χ2n) is 5.11. The van der Waals surface area contributed by atoms with E-state index in [1.165, 1.54) is 0 Å². The minimum Gasteiger partial charge on any atom is -0.328 e. The van der Waals surface area contributed by atoms with Crippen molar-refractivity contribution in [3.63, 3.8) is 0 Å². The van der Waals surface area contributed by atoms with Crippen LogP contribution in [-0.4, -0.2) is 26.2 Å². The second kappa shape index (κ2) is 7.10. The monoisotopic (exact) mass is 342 g/mol. The number of amides is 2. The van der Waals surface area contributed by atoms with Crippen molar-refractivity contribution in [1.82, 2.24) is 25.5 Å². The van der Waals surface area contributed by atoms with Crippen LogP contribution in [0.1, 0.15) is 18.8 Å². The average molecular weight is 343 g/mol. The van der Waals surface area contributed by atoms with Gasteiger partial charge in [0, 0.05) is 28.7 Å². The van der Waals surface area contributed by atoms with Crippen LogP contribution in [0.2, 0.25) is 5.02 Å². The highest BCUT2D eigenvalue weighted by atomic mass is 35.5. The van der Waals surface area contributed by atoms with Gasteiger partial charge in [0.1, 0.15) is 5.82 Å². The van der Waals surface area contributed by atoms with Gasteiger partial charge >= 0.3 is 6.03 Å². The third-order valence-electron chi connectivity index (χ3n) is 3.30. The zero-order valence-electron chi connectivity index (χ0n) is 12.8. The molecular formula is C16H15ClN6O. The van der Waals surface area contributed by atoms with Gasteiger partial charge in [0.05, 0.1) is 6.04 Å². The van der Waals surface area contributed by atoms with Crippen LogP contribution in [0.4, 0.5) is 10.5 Å². The van der Waals surface area contributed by atoms with E-state index in [4.69, 9.17) is 11.6 Å². The van der Waals surface area contributed by atoms with Crippen LogP contribution in [0.5, 0.6) is 0 Å². The Hall–Kier alpha value is -2.93. The molecule has 3 aromatic rings. The van der Waals surface area contributed by atoms with E-state index in [1.807, 2.05) is 19.1 Å². The molecule has 24 heavy (non-hydrogen) atoms.